The first-order valence-electron chi connectivity index (χ1n) is 7.45. The molecule has 0 saturated carbocycles. The zero-order valence-corrected chi connectivity index (χ0v) is 12.6. The number of anilines is 1. The van der Waals surface area contributed by atoms with Crippen molar-refractivity contribution in [3.05, 3.63) is 17.5 Å². The molecule has 0 radical (unpaired) electrons. The molecule has 1 amide bonds. The minimum absolute atomic E-state index is 0.0553. The van der Waals surface area contributed by atoms with Crippen molar-refractivity contribution in [2.24, 2.45) is 5.92 Å². The molecule has 0 bridgehead atoms. The van der Waals surface area contributed by atoms with Crippen LogP contribution in [0.4, 0.5) is 5.95 Å². The molecule has 1 aliphatic rings. The SMILES string of the molecule is CCCNC(=O)C1CCCN(c2nc(C)cc(C)n2)C1. The molecule has 0 aromatic carbocycles. The lowest BCUT2D eigenvalue weighted by molar-refractivity contribution is -0.125. The Balaban J connectivity index is 2.04. The summed E-state index contributed by atoms with van der Waals surface area (Å²) in [6.45, 7) is 8.44. The van der Waals surface area contributed by atoms with E-state index < -0.39 is 0 Å². The van der Waals surface area contributed by atoms with Crippen molar-refractivity contribution in [1.29, 1.82) is 0 Å². The minimum Gasteiger partial charge on any atom is -0.356 e. The number of hydrogen-bond acceptors (Lipinski definition) is 4. The third kappa shape index (κ3) is 3.68. The van der Waals surface area contributed by atoms with Crippen molar-refractivity contribution in [3.8, 4) is 0 Å². The van der Waals surface area contributed by atoms with Crippen molar-refractivity contribution in [3.63, 3.8) is 0 Å². The molecule has 20 heavy (non-hydrogen) atoms. The lowest BCUT2D eigenvalue weighted by atomic mass is 9.97. The predicted octanol–water partition coefficient (Wildman–Crippen LogP) is 1.84. The van der Waals surface area contributed by atoms with Crippen LogP contribution in [0.3, 0.4) is 0 Å². The normalized spacial score (nSPS) is 18.9. The summed E-state index contributed by atoms with van der Waals surface area (Å²) in [5.74, 6) is 0.983. The summed E-state index contributed by atoms with van der Waals surface area (Å²) in [4.78, 5) is 23.2. The topological polar surface area (TPSA) is 58.1 Å². The fraction of sp³-hybridized carbons (Fsp3) is 0.667. The van der Waals surface area contributed by atoms with E-state index in [0.29, 0.717) is 0 Å². The highest BCUT2D eigenvalue weighted by atomic mass is 16.1. The van der Waals surface area contributed by atoms with Crippen molar-refractivity contribution in [2.75, 3.05) is 24.5 Å². The second kappa shape index (κ2) is 6.68. The number of hydrogen-bond donors (Lipinski definition) is 1. The highest BCUT2D eigenvalue weighted by Gasteiger charge is 2.26. The van der Waals surface area contributed by atoms with Crippen LogP contribution in [0.15, 0.2) is 6.07 Å². The van der Waals surface area contributed by atoms with E-state index in [9.17, 15) is 4.79 Å². The third-order valence-corrected chi connectivity index (χ3v) is 3.59. The molecule has 1 aromatic rings. The molecule has 1 atom stereocenters. The summed E-state index contributed by atoms with van der Waals surface area (Å²) in [5.41, 5.74) is 1.95. The van der Waals surface area contributed by atoms with E-state index in [4.69, 9.17) is 0 Å². The van der Waals surface area contributed by atoms with Crippen LogP contribution < -0.4 is 10.2 Å². The molecule has 5 nitrogen and oxygen atoms in total. The summed E-state index contributed by atoms with van der Waals surface area (Å²) in [7, 11) is 0. The largest absolute Gasteiger partial charge is 0.356 e. The molecule has 5 heteroatoms. The van der Waals surface area contributed by atoms with Gasteiger partial charge in [0.15, 0.2) is 0 Å². The summed E-state index contributed by atoms with van der Waals surface area (Å²) in [6, 6.07) is 1.97. The fourth-order valence-electron chi connectivity index (χ4n) is 2.61. The predicted molar refractivity (Wildman–Crippen MR) is 79.7 cm³/mol. The number of rotatable bonds is 4. The molecule has 1 N–H and O–H groups in total. The maximum atomic E-state index is 12.1. The van der Waals surface area contributed by atoms with Crippen molar-refractivity contribution >= 4 is 11.9 Å². The van der Waals surface area contributed by atoms with Crippen LogP contribution in [0.1, 0.15) is 37.6 Å². The summed E-state index contributed by atoms with van der Waals surface area (Å²) in [6.07, 6.45) is 2.94. The highest BCUT2D eigenvalue weighted by molar-refractivity contribution is 5.79. The van der Waals surface area contributed by atoms with Gasteiger partial charge >= 0.3 is 0 Å². The molecule has 1 fully saturated rings. The standard InChI is InChI=1S/C15H24N4O/c1-4-7-16-14(20)13-6-5-8-19(10-13)15-17-11(2)9-12(3)18-15/h9,13H,4-8,10H2,1-3H3,(H,16,20). The maximum Gasteiger partial charge on any atom is 0.225 e. The Morgan fingerprint density at radius 2 is 2.10 bits per heavy atom. The van der Waals surface area contributed by atoms with Crippen LogP contribution in [-0.2, 0) is 4.79 Å². The molecule has 1 aromatic heterocycles. The summed E-state index contributed by atoms with van der Waals surface area (Å²) >= 11 is 0. The number of carbonyl (C=O) groups excluding carboxylic acids is 1. The first kappa shape index (κ1) is 14.8. The Hall–Kier alpha value is -1.65. The zero-order chi connectivity index (χ0) is 14.5. The van der Waals surface area contributed by atoms with Gasteiger partial charge in [-0.1, -0.05) is 6.92 Å². The number of amides is 1. The number of aryl methyl sites for hydroxylation is 2. The monoisotopic (exact) mass is 276 g/mol. The van der Waals surface area contributed by atoms with Gasteiger partial charge < -0.3 is 10.2 Å². The Labute approximate surface area is 120 Å². The smallest absolute Gasteiger partial charge is 0.225 e. The van der Waals surface area contributed by atoms with E-state index in [1.165, 1.54) is 0 Å². The Morgan fingerprint density at radius 3 is 2.75 bits per heavy atom. The minimum atomic E-state index is 0.0553. The molecule has 0 aliphatic carbocycles. The Bertz CT molecular complexity index is 455. The van der Waals surface area contributed by atoms with Crippen LogP contribution in [0.5, 0.6) is 0 Å². The van der Waals surface area contributed by atoms with E-state index in [1.807, 2.05) is 19.9 Å². The van der Waals surface area contributed by atoms with Gasteiger partial charge in [0.25, 0.3) is 0 Å². The molecule has 0 spiro atoms. The van der Waals surface area contributed by atoms with E-state index in [2.05, 4.69) is 27.1 Å². The Morgan fingerprint density at radius 1 is 1.40 bits per heavy atom. The van der Waals surface area contributed by atoms with Gasteiger partial charge in [0, 0.05) is 31.0 Å². The van der Waals surface area contributed by atoms with E-state index in [1.54, 1.807) is 0 Å². The van der Waals surface area contributed by atoms with E-state index in [0.717, 1.165) is 56.2 Å². The number of piperidine rings is 1. The van der Waals surface area contributed by atoms with Crippen molar-refractivity contribution in [2.45, 2.75) is 40.0 Å². The van der Waals surface area contributed by atoms with Gasteiger partial charge in [0.05, 0.1) is 5.92 Å². The van der Waals surface area contributed by atoms with Gasteiger partial charge in [0.1, 0.15) is 0 Å². The van der Waals surface area contributed by atoms with Crippen LogP contribution in [-0.4, -0.2) is 35.5 Å². The van der Waals surface area contributed by atoms with Gasteiger partial charge in [-0.25, -0.2) is 9.97 Å². The lowest BCUT2D eigenvalue weighted by Crippen LogP contribution is -2.44. The number of nitrogens with zero attached hydrogens (tertiary/aromatic N) is 3. The average molecular weight is 276 g/mol. The molecule has 1 aliphatic heterocycles. The van der Waals surface area contributed by atoms with Crippen LogP contribution in [0, 0.1) is 19.8 Å². The van der Waals surface area contributed by atoms with Crippen molar-refractivity contribution < 1.29 is 4.79 Å². The fourth-order valence-corrected chi connectivity index (χ4v) is 2.61. The number of aromatic nitrogens is 2. The molecular formula is C15H24N4O. The molecule has 1 unspecified atom stereocenters. The molecular weight excluding hydrogens is 252 g/mol. The first-order chi connectivity index (χ1) is 9.60. The van der Waals surface area contributed by atoms with Gasteiger partial charge in [0.2, 0.25) is 11.9 Å². The third-order valence-electron chi connectivity index (χ3n) is 3.59. The van der Waals surface area contributed by atoms with Crippen LogP contribution in [0.2, 0.25) is 0 Å². The second-order valence-corrected chi connectivity index (χ2v) is 5.53. The summed E-state index contributed by atoms with van der Waals surface area (Å²) in [5, 5.41) is 2.99. The lowest BCUT2D eigenvalue weighted by Gasteiger charge is -2.32. The summed E-state index contributed by atoms with van der Waals surface area (Å²) < 4.78 is 0. The molecule has 2 rings (SSSR count). The molecule has 110 valence electrons. The number of nitrogens with one attached hydrogen (secondary N) is 1. The van der Waals surface area contributed by atoms with Gasteiger partial charge in [-0.3, -0.25) is 4.79 Å². The first-order valence-corrected chi connectivity index (χ1v) is 7.45. The van der Waals surface area contributed by atoms with Gasteiger partial charge in [-0.15, -0.1) is 0 Å². The average Bonchev–Trinajstić information content (AvgIpc) is 2.44. The van der Waals surface area contributed by atoms with E-state index in [-0.39, 0.29) is 11.8 Å². The highest BCUT2D eigenvalue weighted by Crippen LogP contribution is 2.21. The Kier molecular flexibility index (Phi) is 4.93. The van der Waals surface area contributed by atoms with Crippen LogP contribution in [0.25, 0.3) is 0 Å². The molecule has 1 saturated heterocycles. The van der Waals surface area contributed by atoms with Crippen LogP contribution >= 0.6 is 0 Å². The second-order valence-electron chi connectivity index (χ2n) is 5.53. The van der Waals surface area contributed by atoms with Crippen molar-refractivity contribution in [1.82, 2.24) is 15.3 Å². The molecule has 2 heterocycles. The van der Waals surface area contributed by atoms with E-state index >= 15 is 0 Å². The zero-order valence-electron chi connectivity index (χ0n) is 12.6. The van der Waals surface area contributed by atoms with Gasteiger partial charge in [-0.2, -0.15) is 0 Å². The van der Waals surface area contributed by atoms with Gasteiger partial charge in [-0.05, 0) is 39.2 Å². The number of carbonyl (C=O) groups is 1. The quantitative estimate of drug-likeness (QED) is 0.911. The maximum absolute atomic E-state index is 12.1.